The first-order valence-corrected chi connectivity index (χ1v) is 5.46. The Balaban J connectivity index is 2.08. The van der Waals surface area contributed by atoms with Gasteiger partial charge in [-0.2, -0.15) is 4.99 Å². The molecular formula is C13H9N3O2. The van der Waals surface area contributed by atoms with Crippen LogP contribution in [0.3, 0.4) is 0 Å². The fraction of sp³-hybridized carbons (Fsp3) is 0.0769. The van der Waals surface area contributed by atoms with Crippen molar-refractivity contribution in [3.05, 3.63) is 48.3 Å². The van der Waals surface area contributed by atoms with Gasteiger partial charge in [0.15, 0.2) is 5.84 Å². The average molecular weight is 239 g/mol. The van der Waals surface area contributed by atoms with E-state index in [9.17, 15) is 9.90 Å². The second kappa shape index (κ2) is 4.03. The summed E-state index contributed by atoms with van der Waals surface area (Å²) in [4.78, 5) is 24.0. The maximum Gasteiger partial charge on any atom is 0.260 e. The van der Waals surface area contributed by atoms with Crippen LogP contribution >= 0.6 is 0 Å². The first-order chi connectivity index (χ1) is 8.75. The second-order valence-corrected chi connectivity index (χ2v) is 3.90. The SMILES string of the molecule is O=C1N=C(c2ncccc2O)N=C2C=CC=CC12. The van der Waals surface area contributed by atoms with Crippen molar-refractivity contribution in [1.29, 1.82) is 0 Å². The lowest BCUT2D eigenvalue weighted by Crippen LogP contribution is -2.27. The van der Waals surface area contributed by atoms with Crippen LogP contribution in [-0.4, -0.2) is 27.5 Å². The molecule has 5 heteroatoms. The van der Waals surface area contributed by atoms with E-state index in [0.717, 1.165) is 0 Å². The molecular weight excluding hydrogens is 230 g/mol. The van der Waals surface area contributed by atoms with Crippen LogP contribution in [-0.2, 0) is 4.79 Å². The molecule has 1 aliphatic carbocycles. The van der Waals surface area contributed by atoms with E-state index in [1.54, 1.807) is 24.3 Å². The number of hydrogen-bond donors (Lipinski definition) is 1. The molecule has 0 saturated carbocycles. The Morgan fingerprint density at radius 1 is 1.22 bits per heavy atom. The number of pyridine rings is 1. The van der Waals surface area contributed by atoms with E-state index in [0.29, 0.717) is 5.71 Å². The molecule has 0 radical (unpaired) electrons. The lowest BCUT2D eigenvalue weighted by Gasteiger charge is -2.17. The van der Waals surface area contributed by atoms with Gasteiger partial charge < -0.3 is 5.11 Å². The summed E-state index contributed by atoms with van der Waals surface area (Å²) in [6.07, 6.45) is 8.63. The smallest absolute Gasteiger partial charge is 0.260 e. The Morgan fingerprint density at radius 3 is 2.94 bits per heavy atom. The zero-order valence-corrected chi connectivity index (χ0v) is 9.32. The van der Waals surface area contributed by atoms with E-state index in [1.165, 1.54) is 12.3 Å². The molecule has 3 rings (SSSR count). The number of amidine groups is 1. The van der Waals surface area contributed by atoms with Gasteiger partial charge in [-0.3, -0.25) is 4.79 Å². The molecule has 1 aromatic rings. The minimum atomic E-state index is -0.412. The molecule has 1 unspecified atom stereocenters. The van der Waals surface area contributed by atoms with Gasteiger partial charge in [0, 0.05) is 6.20 Å². The molecule has 0 spiro atoms. The van der Waals surface area contributed by atoms with Crippen molar-refractivity contribution in [2.75, 3.05) is 0 Å². The normalized spacial score (nSPS) is 21.3. The number of aromatic nitrogens is 1. The van der Waals surface area contributed by atoms with Gasteiger partial charge in [0.2, 0.25) is 0 Å². The molecule has 2 heterocycles. The molecule has 1 aliphatic heterocycles. The maximum absolute atomic E-state index is 11.9. The van der Waals surface area contributed by atoms with Crippen molar-refractivity contribution in [2.45, 2.75) is 0 Å². The number of aliphatic imine (C=N–C) groups is 2. The molecule has 88 valence electrons. The lowest BCUT2D eigenvalue weighted by molar-refractivity contribution is -0.118. The van der Waals surface area contributed by atoms with Crippen LogP contribution in [0.5, 0.6) is 5.75 Å². The summed E-state index contributed by atoms with van der Waals surface area (Å²) in [5.41, 5.74) is 0.845. The number of fused-ring (bicyclic) bond motifs is 1. The van der Waals surface area contributed by atoms with E-state index in [1.807, 2.05) is 6.08 Å². The van der Waals surface area contributed by atoms with E-state index >= 15 is 0 Å². The first kappa shape index (κ1) is 10.6. The van der Waals surface area contributed by atoms with Gasteiger partial charge in [-0.1, -0.05) is 18.2 Å². The highest BCUT2D eigenvalue weighted by Crippen LogP contribution is 2.21. The van der Waals surface area contributed by atoms with Crippen molar-refractivity contribution in [3.8, 4) is 5.75 Å². The number of carbonyl (C=O) groups is 1. The van der Waals surface area contributed by atoms with Gasteiger partial charge in [-0.25, -0.2) is 9.98 Å². The zero-order valence-electron chi connectivity index (χ0n) is 9.32. The molecule has 0 saturated heterocycles. The van der Waals surface area contributed by atoms with E-state index in [4.69, 9.17) is 0 Å². The topological polar surface area (TPSA) is 74.9 Å². The molecule has 1 N–H and O–H groups in total. The second-order valence-electron chi connectivity index (χ2n) is 3.90. The third-order valence-corrected chi connectivity index (χ3v) is 2.72. The summed E-state index contributed by atoms with van der Waals surface area (Å²) in [5, 5.41) is 9.69. The van der Waals surface area contributed by atoms with Crippen molar-refractivity contribution in [3.63, 3.8) is 0 Å². The van der Waals surface area contributed by atoms with Gasteiger partial charge in [0.05, 0.1) is 5.71 Å². The van der Waals surface area contributed by atoms with E-state index in [-0.39, 0.29) is 23.2 Å². The number of rotatable bonds is 1. The molecule has 5 nitrogen and oxygen atoms in total. The highest BCUT2D eigenvalue weighted by Gasteiger charge is 2.27. The van der Waals surface area contributed by atoms with Gasteiger partial charge in [0.1, 0.15) is 17.4 Å². The highest BCUT2D eigenvalue weighted by atomic mass is 16.3. The maximum atomic E-state index is 11.9. The summed E-state index contributed by atoms with van der Waals surface area (Å²) in [6.45, 7) is 0. The van der Waals surface area contributed by atoms with Crippen LogP contribution in [0.2, 0.25) is 0 Å². The average Bonchev–Trinajstić information content (AvgIpc) is 2.39. The molecule has 18 heavy (non-hydrogen) atoms. The van der Waals surface area contributed by atoms with Gasteiger partial charge >= 0.3 is 0 Å². The number of carbonyl (C=O) groups excluding carboxylic acids is 1. The third kappa shape index (κ3) is 1.66. The molecule has 0 fully saturated rings. The van der Waals surface area contributed by atoms with Crippen LogP contribution in [0, 0.1) is 5.92 Å². The first-order valence-electron chi connectivity index (χ1n) is 5.46. The Labute approximate surface area is 103 Å². The van der Waals surface area contributed by atoms with Crippen LogP contribution in [0.15, 0.2) is 52.6 Å². The molecule has 2 aliphatic rings. The monoisotopic (exact) mass is 239 g/mol. The number of hydrogen-bond acceptors (Lipinski definition) is 4. The molecule has 1 amide bonds. The Bertz CT molecular complexity index is 641. The van der Waals surface area contributed by atoms with Crippen LogP contribution in [0.4, 0.5) is 0 Å². The molecule has 0 aromatic carbocycles. The van der Waals surface area contributed by atoms with Crippen molar-refractivity contribution < 1.29 is 9.90 Å². The minimum Gasteiger partial charge on any atom is -0.506 e. The molecule has 0 bridgehead atoms. The minimum absolute atomic E-state index is 0.0396. The van der Waals surface area contributed by atoms with Gasteiger partial charge in [-0.05, 0) is 18.2 Å². The van der Waals surface area contributed by atoms with Crippen LogP contribution in [0.25, 0.3) is 0 Å². The predicted octanol–water partition coefficient (Wildman–Crippen LogP) is 1.26. The van der Waals surface area contributed by atoms with Crippen molar-refractivity contribution >= 4 is 17.5 Å². The summed E-state index contributed by atoms with van der Waals surface area (Å²) in [6, 6.07) is 3.08. The predicted molar refractivity (Wildman–Crippen MR) is 66.7 cm³/mol. The summed E-state index contributed by atoms with van der Waals surface area (Å²) < 4.78 is 0. The quantitative estimate of drug-likeness (QED) is 0.801. The van der Waals surface area contributed by atoms with Crippen LogP contribution in [0.1, 0.15) is 5.69 Å². The van der Waals surface area contributed by atoms with Gasteiger partial charge in [-0.15, -0.1) is 0 Å². The largest absolute Gasteiger partial charge is 0.506 e. The lowest BCUT2D eigenvalue weighted by atomic mass is 9.96. The van der Waals surface area contributed by atoms with E-state index < -0.39 is 5.92 Å². The Kier molecular flexibility index (Phi) is 2.37. The van der Waals surface area contributed by atoms with Crippen molar-refractivity contribution in [2.24, 2.45) is 15.9 Å². The van der Waals surface area contributed by atoms with Crippen LogP contribution < -0.4 is 0 Å². The number of nitrogens with zero attached hydrogens (tertiary/aromatic N) is 3. The fourth-order valence-corrected chi connectivity index (χ4v) is 1.84. The van der Waals surface area contributed by atoms with Crippen molar-refractivity contribution in [1.82, 2.24) is 4.98 Å². The summed E-state index contributed by atoms with van der Waals surface area (Å²) in [5.74, 6) is -0.586. The third-order valence-electron chi connectivity index (χ3n) is 2.72. The molecule has 1 aromatic heterocycles. The fourth-order valence-electron chi connectivity index (χ4n) is 1.84. The number of aromatic hydroxyl groups is 1. The summed E-state index contributed by atoms with van der Waals surface area (Å²) >= 11 is 0. The number of allylic oxidation sites excluding steroid dienone is 3. The van der Waals surface area contributed by atoms with Gasteiger partial charge in [0.25, 0.3) is 5.91 Å². The zero-order chi connectivity index (χ0) is 12.5. The highest BCUT2D eigenvalue weighted by molar-refractivity contribution is 6.24. The Hall–Kier alpha value is -2.56. The molecule has 1 atom stereocenters. The summed E-state index contributed by atoms with van der Waals surface area (Å²) in [7, 11) is 0. The number of amides is 1. The Morgan fingerprint density at radius 2 is 2.11 bits per heavy atom. The van der Waals surface area contributed by atoms with E-state index in [2.05, 4.69) is 15.0 Å². The standard InChI is InChI=1S/C13H9N3O2/c17-10-6-3-7-14-11(10)12-15-9-5-2-1-4-8(9)13(18)16-12/h1-8,17H.